The van der Waals surface area contributed by atoms with Crippen LogP contribution in [0.15, 0.2) is 70.0 Å². The number of carbonyl (C=O) groups excluding carboxylic acids is 3. The van der Waals surface area contributed by atoms with Gasteiger partial charge in [-0.2, -0.15) is 0 Å². The summed E-state index contributed by atoms with van der Waals surface area (Å²) in [5, 5.41) is 2.97. The van der Waals surface area contributed by atoms with Gasteiger partial charge in [-0.05, 0) is 78.7 Å². The molecule has 0 radical (unpaired) electrons. The zero-order valence-electron chi connectivity index (χ0n) is 19.5. The first-order valence-corrected chi connectivity index (χ1v) is 13.0. The summed E-state index contributed by atoms with van der Waals surface area (Å²) in [6, 6.07) is 18.1. The second-order valence-corrected chi connectivity index (χ2v) is 10.5. The molecule has 0 unspecified atom stereocenters. The van der Waals surface area contributed by atoms with E-state index in [-0.39, 0.29) is 29.2 Å². The lowest BCUT2D eigenvalue weighted by Crippen LogP contribution is -2.27. The first-order chi connectivity index (χ1) is 17.2. The molecule has 0 aliphatic carbocycles. The highest BCUT2D eigenvalue weighted by molar-refractivity contribution is 9.10. The largest absolute Gasteiger partial charge is 0.483 e. The molecule has 184 valence electrons. The van der Waals surface area contributed by atoms with E-state index >= 15 is 0 Å². The first kappa shape index (κ1) is 26.0. The number of benzene rings is 3. The number of imide groups is 1. The highest BCUT2D eigenvalue weighted by atomic mass is 79.9. The highest BCUT2D eigenvalue weighted by Crippen LogP contribution is 2.36. The molecule has 36 heavy (non-hydrogen) atoms. The Bertz CT molecular complexity index is 1390. The van der Waals surface area contributed by atoms with Gasteiger partial charge in [0.05, 0.1) is 11.4 Å². The van der Waals surface area contributed by atoms with Crippen molar-refractivity contribution in [1.29, 1.82) is 0 Å². The van der Waals surface area contributed by atoms with Crippen LogP contribution in [0.1, 0.15) is 22.3 Å². The zero-order chi connectivity index (χ0) is 25.8. The number of carbonyl (C=O) groups is 3. The average molecular weight is 586 g/mol. The average Bonchev–Trinajstić information content (AvgIpc) is 3.09. The minimum absolute atomic E-state index is 0.0854. The maximum absolute atomic E-state index is 13.0. The summed E-state index contributed by atoms with van der Waals surface area (Å²) in [5.41, 5.74) is 3.96. The summed E-state index contributed by atoms with van der Waals surface area (Å²) >= 11 is 10.5. The Hall–Kier alpha value is -3.07. The molecule has 3 aromatic rings. The fraction of sp³-hybridized carbons (Fsp3) is 0.148. The third-order valence-corrected chi connectivity index (χ3v) is 7.21. The lowest BCUT2D eigenvalue weighted by atomic mass is 10.1. The van der Waals surface area contributed by atoms with E-state index in [1.165, 1.54) is 0 Å². The summed E-state index contributed by atoms with van der Waals surface area (Å²) in [5.74, 6) is -0.312. The first-order valence-electron chi connectivity index (χ1n) is 11.0. The van der Waals surface area contributed by atoms with E-state index in [1.54, 1.807) is 48.5 Å². The Kier molecular flexibility index (Phi) is 8.18. The van der Waals surface area contributed by atoms with E-state index in [2.05, 4.69) is 21.2 Å². The molecule has 6 nitrogen and oxygen atoms in total. The van der Waals surface area contributed by atoms with Gasteiger partial charge in [-0.1, -0.05) is 57.9 Å². The van der Waals surface area contributed by atoms with Crippen molar-refractivity contribution in [2.75, 3.05) is 11.9 Å². The van der Waals surface area contributed by atoms with Gasteiger partial charge >= 0.3 is 0 Å². The molecule has 4 rings (SSSR count). The van der Waals surface area contributed by atoms with E-state index in [0.717, 1.165) is 37.9 Å². The van der Waals surface area contributed by atoms with Gasteiger partial charge in [-0.3, -0.25) is 19.3 Å². The van der Waals surface area contributed by atoms with Crippen LogP contribution in [0.5, 0.6) is 5.75 Å². The van der Waals surface area contributed by atoms with Crippen LogP contribution in [0.4, 0.5) is 10.5 Å². The second-order valence-electron chi connectivity index (χ2n) is 8.20. The summed E-state index contributed by atoms with van der Waals surface area (Å²) < 4.78 is 6.55. The molecule has 0 aromatic heterocycles. The van der Waals surface area contributed by atoms with Crippen LogP contribution < -0.4 is 10.1 Å². The molecule has 0 spiro atoms. The van der Waals surface area contributed by atoms with Crippen LogP contribution in [-0.2, 0) is 16.1 Å². The maximum atomic E-state index is 13.0. The normalized spacial score (nSPS) is 14.4. The molecule has 0 saturated carbocycles. The van der Waals surface area contributed by atoms with E-state index in [1.807, 2.05) is 32.0 Å². The molecule has 1 aliphatic heterocycles. The number of amides is 3. The maximum Gasteiger partial charge on any atom is 0.293 e. The van der Waals surface area contributed by atoms with E-state index in [4.69, 9.17) is 16.3 Å². The van der Waals surface area contributed by atoms with E-state index in [0.29, 0.717) is 21.9 Å². The summed E-state index contributed by atoms with van der Waals surface area (Å²) in [6.07, 6.45) is 1.60. The number of halogens is 2. The Balaban J connectivity index is 1.49. The molecule has 0 bridgehead atoms. The predicted octanol–water partition coefficient (Wildman–Crippen LogP) is 6.97. The summed E-state index contributed by atoms with van der Waals surface area (Å²) in [4.78, 5) is 39.6. The van der Waals surface area contributed by atoms with Crippen LogP contribution in [0.2, 0.25) is 5.02 Å². The SMILES string of the molecule is Cc1ccc(C)c(NC(=O)COc2ccc(Br)cc2/C=C2\SC(=O)N(Cc3ccccc3Cl)C2=O)c1. The van der Waals surface area contributed by atoms with Gasteiger partial charge in [-0.15, -0.1) is 0 Å². The minimum atomic E-state index is -0.413. The Labute approximate surface area is 226 Å². The standard InChI is InChI=1S/C27H22BrClN2O4S/c1-16-7-8-17(2)22(11-16)30-25(32)15-35-23-10-9-20(28)12-19(23)13-24-26(33)31(27(34)36-24)14-18-5-3-4-6-21(18)29/h3-13H,14-15H2,1-2H3,(H,30,32)/b24-13-. The number of rotatable bonds is 7. The van der Waals surface area contributed by atoms with Crippen LogP contribution in [0.3, 0.4) is 0 Å². The lowest BCUT2D eigenvalue weighted by molar-refractivity contribution is -0.123. The quantitative estimate of drug-likeness (QED) is 0.303. The fourth-order valence-corrected chi connectivity index (χ4v) is 4.94. The third-order valence-electron chi connectivity index (χ3n) is 5.44. The van der Waals surface area contributed by atoms with Crippen LogP contribution in [0.25, 0.3) is 6.08 Å². The van der Waals surface area contributed by atoms with Crippen LogP contribution in [-0.4, -0.2) is 28.6 Å². The number of aryl methyl sites for hydroxylation is 2. The number of anilines is 1. The summed E-state index contributed by atoms with van der Waals surface area (Å²) in [7, 11) is 0. The lowest BCUT2D eigenvalue weighted by Gasteiger charge is -2.13. The van der Waals surface area contributed by atoms with Gasteiger partial charge < -0.3 is 10.1 Å². The molecule has 1 fully saturated rings. The van der Waals surface area contributed by atoms with Crippen molar-refractivity contribution in [3.05, 3.63) is 97.3 Å². The highest BCUT2D eigenvalue weighted by Gasteiger charge is 2.35. The number of ether oxygens (including phenoxy) is 1. The molecule has 3 amide bonds. The monoisotopic (exact) mass is 584 g/mol. The molecule has 9 heteroatoms. The number of thioether (sulfide) groups is 1. The number of nitrogens with zero attached hydrogens (tertiary/aromatic N) is 1. The number of hydrogen-bond donors (Lipinski definition) is 1. The van der Waals surface area contributed by atoms with Crippen molar-refractivity contribution in [1.82, 2.24) is 4.90 Å². The topological polar surface area (TPSA) is 75.7 Å². The van der Waals surface area contributed by atoms with Crippen LogP contribution >= 0.6 is 39.3 Å². The smallest absolute Gasteiger partial charge is 0.293 e. The Morgan fingerprint density at radius 3 is 2.67 bits per heavy atom. The molecular formula is C27H22BrClN2O4S. The third kappa shape index (κ3) is 6.19. The number of hydrogen-bond acceptors (Lipinski definition) is 5. The van der Waals surface area contributed by atoms with Gasteiger partial charge in [0.1, 0.15) is 5.75 Å². The molecule has 3 aromatic carbocycles. The Morgan fingerprint density at radius 1 is 1.11 bits per heavy atom. The van der Waals surface area contributed by atoms with E-state index in [9.17, 15) is 14.4 Å². The molecule has 0 atom stereocenters. The fourth-order valence-electron chi connectivity index (χ4n) is 3.54. The van der Waals surface area contributed by atoms with Crippen LogP contribution in [0, 0.1) is 13.8 Å². The predicted molar refractivity (Wildman–Crippen MR) is 147 cm³/mol. The van der Waals surface area contributed by atoms with Crippen molar-refractivity contribution in [2.24, 2.45) is 0 Å². The molecule has 1 aliphatic rings. The molecule has 1 N–H and O–H groups in total. The van der Waals surface area contributed by atoms with Gasteiger partial charge in [0.15, 0.2) is 6.61 Å². The molecule has 1 saturated heterocycles. The van der Waals surface area contributed by atoms with Crippen molar-refractivity contribution in [3.63, 3.8) is 0 Å². The van der Waals surface area contributed by atoms with Gasteiger partial charge in [0.25, 0.3) is 17.1 Å². The van der Waals surface area contributed by atoms with Crippen molar-refractivity contribution in [3.8, 4) is 5.75 Å². The second kappa shape index (κ2) is 11.3. The zero-order valence-corrected chi connectivity index (χ0v) is 22.7. The van der Waals surface area contributed by atoms with Crippen molar-refractivity contribution in [2.45, 2.75) is 20.4 Å². The number of nitrogens with one attached hydrogen (secondary N) is 1. The molecule has 1 heterocycles. The van der Waals surface area contributed by atoms with Gasteiger partial charge in [0, 0.05) is 20.7 Å². The molecular weight excluding hydrogens is 564 g/mol. The van der Waals surface area contributed by atoms with Crippen molar-refractivity contribution >= 4 is 68.1 Å². The van der Waals surface area contributed by atoms with Gasteiger partial charge in [-0.25, -0.2) is 0 Å². The summed E-state index contributed by atoms with van der Waals surface area (Å²) in [6.45, 7) is 3.74. The van der Waals surface area contributed by atoms with Crippen molar-refractivity contribution < 1.29 is 19.1 Å². The minimum Gasteiger partial charge on any atom is -0.483 e. The van der Waals surface area contributed by atoms with E-state index < -0.39 is 5.91 Å². The Morgan fingerprint density at radius 2 is 1.89 bits per heavy atom. The van der Waals surface area contributed by atoms with Gasteiger partial charge in [0.2, 0.25) is 0 Å².